The smallest absolute Gasteiger partial charge is 0.417 e. The molecule has 2 aromatic heterocycles. The molecule has 0 radical (unpaired) electrons. The van der Waals surface area contributed by atoms with Gasteiger partial charge in [-0.25, -0.2) is 9.88 Å². The van der Waals surface area contributed by atoms with E-state index in [0.29, 0.717) is 17.3 Å². The fourth-order valence-electron chi connectivity index (χ4n) is 9.05. The van der Waals surface area contributed by atoms with Gasteiger partial charge in [0.1, 0.15) is 23.5 Å². The van der Waals surface area contributed by atoms with E-state index in [9.17, 15) is 59.0 Å². The van der Waals surface area contributed by atoms with Gasteiger partial charge in [0.2, 0.25) is 11.8 Å². The summed E-state index contributed by atoms with van der Waals surface area (Å²) in [5, 5.41) is 10.0. The van der Waals surface area contributed by atoms with Crippen molar-refractivity contribution in [3.05, 3.63) is 122 Å². The van der Waals surface area contributed by atoms with E-state index in [1.54, 1.807) is 0 Å². The Balaban J connectivity index is 1.28. The molecule has 1 saturated carbocycles. The van der Waals surface area contributed by atoms with Crippen molar-refractivity contribution in [3.8, 4) is 0 Å². The summed E-state index contributed by atoms with van der Waals surface area (Å²) in [4.78, 5) is 62.3. The van der Waals surface area contributed by atoms with Crippen LogP contribution >= 0.6 is 23.2 Å². The summed E-state index contributed by atoms with van der Waals surface area (Å²) < 4.78 is 130. The molecule has 0 bridgehead atoms. The minimum atomic E-state index is -5.31. The number of pyridine rings is 1. The lowest BCUT2D eigenvalue weighted by Crippen LogP contribution is -2.53. The number of rotatable bonds is 6. The highest BCUT2D eigenvalue weighted by Gasteiger charge is 2.71. The van der Waals surface area contributed by atoms with Crippen LogP contribution in [0.3, 0.4) is 0 Å². The molecule has 4 aliphatic rings. The van der Waals surface area contributed by atoms with Crippen molar-refractivity contribution in [2.45, 2.75) is 49.3 Å². The van der Waals surface area contributed by atoms with E-state index in [1.807, 2.05) is 0 Å². The first-order valence-corrected chi connectivity index (χ1v) is 18.5. The van der Waals surface area contributed by atoms with E-state index < -0.39 is 123 Å². The number of anilines is 2. The maximum Gasteiger partial charge on any atom is 0.417 e. The van der Waals surface area contributed by atoms with E-state index in [2.05, 4.69) is 10.4 Å². The zero-order valence-electron chi connectivity index (χ0n) is 29.9. The molecule has 4 amide bonds. The number of allylic oxidation sites excluding steroid dienone is 2. The standard InChI is InChI=1S/C39H25Cl2F9N4O6/c40-20-3-1-16(2-4-20)36-26(33(57)54(35(36)59)52-31-27(41)12-19(14-51-31)39(48,49)50)13-25-23(30(36)28-8-5-22(15-55)60-28)6-7-24-29(25)34(58)53(32(24)56)21-10-17(37(42,43)44)9-18(11-21)38(45,46)47/h1-6,8-12,14,24-26,29-30,55H,7,13,15H2,(H,51,52)/t24-,25+,26-,29-,30+,36+/m0/s1. The number of hydrogen-bond donors (Lipinski definition) is 2. The van der Waals surface area contributed by atoms with Crippen molar-refractivity contribution in [1.29, 1.82) is 0 Å². The molecule has 0 unspecified atom stereocenters. The molecule has 2 aromatic carbocycles. The van der Waals surface area contributed by atoms with Crippen LogP contribution in [-0.2, 0) is 49.7 Å². The summed E-state index contributed by atoms with van der Waals surface area (Å²) >= 11 is 12.4. The Hall–Kier alpha value is -5.40. The monoisotopic (exact) mass is 886 g/mol. The van der Waals surface area contributed by atoms with Crippen LogP contribution in [0.1, 0.15) is 52.5 Å². The molecule has 2 aliphatic heterocycles. The lowest BCUT2D eigenvalue weighted by atomic mass is 9.50. The fraction of sp³-hybridized carbons (Fsp3) is 0.308. The van der Waals surface area contributed by atoms with Gasteiger partial charge in [-0.1, -0.05) is 47.0 Å². The molecule has 8 rings (SSSR count). The number of imide groups is 2. The van der Waals surface area contributed by atoms with E-state index >= 15 is 4.79 Å². The highest BCUT2D eigenvalue weighted by atomic mass is 35.5. The highest BCUT2D eigenvalue weighted by molar-refractivity contribution is 6.33. The van der Waals surface area contributed by atoms with Gasteiger partial charge < -0.3 is 9.52 Å². The van der Waals surface area contributed by atoms with Gasteiger partial charge in [-0.05, 0) is 72.9 Å². The largest absolute Gasteiger partial charge is 0.463 e. The normalized spacial score (nSPS) is 25.7. The van der Waals surface area contributed by atoms with Gasteiger partial charge in [0.15, 0.2) is 5.82 Å². The minimum absolute atomic E-state index is 0.0000151. The second-order valence-electron chi connectivity index (χ2n) is 14.7. The van der Waals surface area contributed by atoms with Crippen LogP contribution in [0.15, 0.2) is 82.9 Å². The molecule has 6 atom stereocenters. The summed E-state index contributed by atoms with van der Waals surface area (Å²) in [5.74, 6) is -11.7. The van der Waals surface area contributed by atoms with Crippen LogP contribution < -0.4 is 10.3 Å². The van der Waals surface area contributed by atoms with Crippen molar-refractivity contribution in [3.63, 3.8) is 0 Å². The highest BCUT2D eigenvalue weighted by Crippen LogP contribution is 2.64. The molecule has 314 valence electrons. The third-order valence-electron chi connectivity index (χ3n) is 11.5. The Morgan fingerprint density at radius 1 is 0.800 bits per heavy atom. The topological polar surface area (TPSA) is 133 Å². The van der Waals surface area contributed by atoms with Crippen molar-refractivity contribution < 1.29 is 68.2 Å². The Morgan fingerprint density at radius 2 is 1.43 bits per heavy atom. The number of fused-ring (bicyclic) bond motifs is 4. The molecule has 0 spiro atoms. The van der Waals surface area contributed by atoms with E-state index in [0.717, 1.165) is 0 Å². The number of hydrogen-bond acceptors (Lipinski definition) is 8. The van der Waals surface area contributed by atoms with Crippen molar-refractivity contribution in [1.82, 2.24) is 9.99 Å². The number of carbonyl (C=O) groups excluding carboxylic acids is 4. The molecule has 10 nitrogen and oxygen atoms in total. The average molecular weight is 888 g/mol. The Kier molecular flexibility index (Phi) is 9.71. The number of amides is 4. The van der Waals surface area contributed by atoms with E-state index in [1.165, 1.54) is 42.5 Å². The Morgan fingerprint density at radius 3 is 2.00 bits per heavy atom. The molecule has 3 fully saturated rings. The summed E-state index contributed by atoms with van der Waals surface area (Å²) in [6.07, 6.45) is -14.3. The number of nitrogens with one attached hydrogen (secondary N) is 1. The summed E-state index contributed by atoms with van der Waals surface area (Å²) in [6, 6.07) is 9.38. The van der Waals surface area contributed by atoms with Crippen LogP contribution in [-0.4, -0.2) is 38.7 Å². The predicted molar refractivity (Wildman–Crippen MR) is 190 cm³/mol. The average Bonchev–Trinajstić information content (AvgIpc) is 3.82. The van der Waals surface area contributed by atoms with E-state index in [4.69, 9.17) is 27.6 Å². The summed E-state index contributed by atoms with van der Waals surface area (Å²) in [5.41, 5.74) is -4.93. The third-order valence-corrected chi connectivity index (χ3v) is 12.1. The van der Waals surface area contributed by atoms with Gasteiger partial charge in [0.25, 0.3) is 11.8 Å². The molecule has 21 heteroatoms. The SMILES string of the molecule is O=C1[C@@H]2C[C@@H]3C(=CC[C@@H]4C(=O)N(c5cc(C(F)(F)F)cc(C(F)(F)F)c5)C(=O)[C@@H]43)[C@H](c3ccc(CO)o3)[C@]2(c2ccc(Cl)cc2)C(=O)N1Nc1ncc(C(F)(F)F)cc1Cl. The third kappa shape index (κ3) is 6.43. The van der Waals surface area contributed by atoms with Crippen LogP contribution in [0, 0.1) is 23.7 Å². The number of halogens is 11. The molecule has 2 N–H and O–H groups in total. The van der Waals surface area contributed by atoms with Crippen molar-refractivity contribution in [2.24, 2.45) is 23.7 Å². The van der Waals surface area contributed by atoms with Crippen molar-refractivity contribution in [2.75, 3.05) is 10.3 Å². The van der Waals surface area contributed by atoms with Crippen LogP contribution in [0.5, 0.6) is 0 Å². The lowest BCUT2D eigenvalue weighted by Gasteiger charge is -2.49. The van der Waals surface area contributed by atoms with Gasteiger partial charge in [0.05, 0.1) is 51.1 Å². The van der Waals surface area contributed by atoms with Gasteiger partial charge in [-0.15, -0.1) is 0 Å². The number of aromatic nitrogens is 1. The summed E-state index contributed by atoms with van der Waals surface area (Å²) in [6.45, 7) is -0.630. The number of furan rings is 1. The second kappa shape index (κ2) is 14.1. The molecule has 4 heterocycles. The minimum Gasteiger partial charge on any atom is -0.463 e. The number of aliphatic hydroxyl groups is 1. The zero-order chi connectivity index (χ0) is 43.4. The number of carbonyl (C=O) groups is 4. The first kappa shape index (κ1) is 41.3. The van der Waals surface area contributed by atoms with Crippen LogP contribution in [0.4, 0.5) is 51.0 Å². The Labute approximate surface area is 341 Å². The number of benzene rings is 2. The molecule has 2 aliphatic carbocycles. The first-order chi connectivity index (χ1) is 28.1. The second-order valence-corrected chi connectivity index (χ2v) is 15.5. The van der Waals surface area contributed by atoms with Crippen LogP contribution in [0.25, 0.3) is 0 Å². The number of aliphatic hydroxyl groups excluding tert-OH is 1. The van der Waals surface area contributed by atoms with Gasteiger partial charge in [0, 0.05) is 11.2 Å². The maximum atomic E-state index is 15.2. The molecule has 60 heavy (non-hydrogen) atoms. The Bertz CT molecular complexity index is 2470. The van der Waals surface area contributed by atoms with Gasteiger partial charge in [-0.2, -0.15) is 44.5 Å². The molecular formula is C39H25Cl2F9N4O6. The van der Waals surface area contributed by atoms with Gasteiger partial charge >= 0.3 is 18.5 Å². The van der Waals surface area contributed by atoms with Crippen LogP contribution in [0.2, 0.25) is 10.0 Å². The fourth-order valence-corrected chi connectivity index (χ4v) is 9.38. The van der Waals surface area contributed by atoms with Crippen molar-refractivity contribution >= 4 is 58.3 Å². The number of nitrogens with zero attached hydrogens (tertiary/aromatic N) is 3. The number of hydrazine groups is 1. The molecule has 2 saturated heterocycles. The quantitative estimate of drug-likeness (QED) is 0.112. The maximum absolute atomic E-state index is 15.2. The zero-order valence-corrected chi connectivity index (χ0v) is 31.4. The first-order valence-electron chi connectivity index (χ1n) is 17.8. The molecular weight excluding hydrogens is 862 g/mol. The van der Waals surface area contributed by atoms with E-state index in [-0.39, 0.29) is 57.2 Å². The van der Waals surface area contributed by atoms with Gasteiger partial charge in [-0.3, -0.25) is 24.6 Å². The predicted octanol–water partition coefficient (Wildman–Crippen LogP) is 8.72. The number of alkyl halides is 9. The summed E-state index contributed by atoms with van der Waals surface area (Å²) in [7, 11) is 0. The lowest BCUT2D eigenvalue weighted by molar-refractivity contribution is -0.143. The molecule has 4 aromatic rings.